The van der Waals surface area contributed by atoms with Gasteiger partial charge in [-0.15, -0.1) is 0 Å². The summed E-state index contributed by atoms with van der Waals surface area (Å²) in [5.41, 5.74) is -5.21. The summed E-state index contributed by atoms with van der Waals surface area (Å²) in [5.74, 6) is -1.29. The molecule has 0 N–H and O–H groups in total. The molecule has 0 aliphatic carbocycles. The lowest BCUT2D eigenvalue weighted by molar-refractivity contribution is -0.137. The Kier molecular flexibility index (Phi) is 5.84. The van der Waals surface area contributed by atoms with E-state index in [9.17, 15) is 26.4 Å². The fourth-order valence-electron chi connectivity index (χ4n) is 1.21. The second-order valence-corrected chi connectivity index (χ2v) is 5.70. The summed E-state index contributed by atoms with van der Waals surface area (Å²) in [6.07, 6.45) is 2.38. The molecule has 10 heteroatoms. The van der Waals surface area contributed by atoms with Gasteiger partial charge in [0.05, 0.1) is 11.6 Å². The molecule has 22 heavy (non-hydrogen) atoms. The molecule has 0 bridgehead atoms. The van der Waals surface area contributed by atoms with Crippen molar-refractivity contribution >= 4 is 33.8 Å². The van der Waals surface area contributed by atoms with E-state index in [1.807, 2.05) is 0 Å². The Hall–Kier alpha value is -1.74. The van der Waals surface area contributed by atoms with Crippen molar-refractivity contribution in [2.75, 3.05) is 6.61 Å². The smallest absolute Gasteiger partial charge is 0.463 e. The Balaban J connectivity index is 2.94. The summed E-state index contributed by atoms with van der Waals surface area (Å²) in [6, 6.07) is 3.30. The average molecular weight is 359 g/mol. The minimum absolute atomic E-state index is 0.187. The normalized spacial score (nSPS) is 12.4. The van der Waals surface area contributed by atoms with Crippen molar-refractivity contribution in [2.45, 2.75) is 12.4 Å². The molecule has 0 aliphatic rings. The van der Waals surface area contributed by atoms with Crippen LogP contribution in [0.25, 0.3) is 6.08 Å². The molecule has 0 spiro atoms. The number of ether oxygens (including phenoxy) is 1. The fourth-order valence-corrected chi connectivity index (χ4v) is 1.96. The predicted molar refractivity (Wildman–Crippen MR) is 72.7 cm³/mol. The number of benzene rings is 1. The summed E-state index contributed by atoms with van der Waals surface area (Å²) >= 11 is 5.66. The number of esters is 1. The molecule has 122 valence electrons. The van der Waals surface area contributed by atoms with E-state index in [1.165, 1.54) is 12.1 Å². The van der Waals surface area contributed by atoms with Crippen molar-refractivity contribution in [1.29, 1.82) is 0 Å². The number of rotatable bonds is 5. The third-order valence-corrected chi connectivity index (χ3v) is 3.40. The Morgan fingerprint density at radius 1 is 1.36 bits per heavy atom. The molecule has 0 fully saturated rings. The minimum atomic E-state index is -5.80. The second-order valence-electron chi connectivity index (χ2n) is 3.76. The molecular formula is C12H10ClF3O5S. The molecule has 1 aromatic carbocycles. The first kappa shape index (κ1) is 18.3. The molecule has 5 nitrogen and oxygen atoms in total. The van der Waals surface area contributed by atoms with Crippen LogP contribution < -0.4 is 4.18 Å². The number of alkyl halides is 3. The highest BCUT2D eigenvalue weighted by Gasteiger charge is 2.48. The lowest BCUT2D eigenvalue weighted by atomic mass is 10.2. The van der Waals surface area contributed by atoms with Gasteiger partial charge in [-0.2, -0.15) is 21.6 Å². The number of hydrogen-bond acceptors (Lipinski definition) is 5. The maximum absolute atomic E-state index is 12.2. The average Bonchev–Trinajstić information content (AvgIpc) is 2.38. The summed E-state index contributed by atoms with van der Waals surface area (Å²) < 4.78 is 66.9. The van der Waals surface area contributed by atoms with Gasteiger partial charge in [0, 0.05) is 6.08 Å². The van der Waals surface area contributed by atoms with E-state index in [0.717, 1.165) is 18.2 Å². The molecule has 0 saturated heterocycles. The van der Waals surface area contributed by atoms with Crippen LogP contribution in [0.5, 0.6) is 5.75 Å². The largest absolute Gasteiger partial charge is 0.534 e. The quantitative estimate of drug-likeness (QED) is 0.350. The SMILES string of the molecule is CCOC(=O)C=Cc1ccc(OS(=O)(=O)C(F)(F)F)c(Cl)c1. The van der Waals surface area contributed by atoms with Gasteiger partial charge in [-0.25, -0.2) is 4.79 Å². The van der Waals surface area contributed by atoms with Gasteiger partial charge in [-0.3, -0.25) is 0 Å². The molecule has 0 aliphatic heterocycles. The van der Waals surface area contributed by atoms with Crippen LogP contribution in [0, 0.1) is 0 Å². The molecule has 0 atom stereocenters. The first-order valence-electron chi connectivity index (χ1n) is 5.72. The van der Waals surface area contributed by atoms with Crippen molar-refractivity contribution in [1.82, 2.24) is 0 Å². The van der Waals surface area contributed by atoms with Crippen LogP contribution in [-0.4, -0.2) is 26.5 Å². The Morgan fingerprint density at radius 3 is 2.50 bits per heavy atom. The maximum Gasteiger partial charge on any atom is 0.534 e. The van der Waals surface area contributed by atoms with E-state index in [4.69, 9.17) is 11.6 Å². The van der Waals surface area contributed by atoms with Crippen LogP contribution in [0.4, 0.5) is 13.2 Å². The van der Waals surface area contributed by atoms with Gasteiger partial charge >= 0.3 is 21.6 Å². The second kappa shape index (κ2) is 7.01. The molecule has 0 unspecified atom stereocenters. The fraction of sp³-hybridized carbons (Fsp3) is 0.250. The van der Waals surface area contributed by atoms with E-state index in [0.29, 0.717) is 5.56 Å². The first-order chi connectivity index (χ1) is 10.1. The molecule has 0 saturated carbocycles. The van der Waals surface area contributed by atoms with E-state index in [-0.39, 0.29) is 11.6 Å². The topological polar surface area (TPSA) is 69.7 Å². The van der Waals surface area contributed by atoms with Crippen LogP contribution in [0.15, 0.2) is 24.3 Å². The van der Waals surface area contributed by atoms with Gasteiger partial charge < -0.3 is 8.92 Å². The summed E-state index contributed by atoms with van der Waals surface area (Å²) in [7, 11) is -5.80. The minimum Gasteiger partial charge on any atom is -0.463 e. The Bertz CT molecular complexity index is 682. The van der Waals surface area contributed by atoms with E-state index < -0.39 is 27.3 Å². The molecule has 1 aromatic rings. The highest BCUT2D eigenvalue weighted by molar-refractivity contribution is 7.88. The zero-order valence-corrected chi connectivity index (χ0v) is 12.6. The van der Waals surface area contributed by atoms with Gasteiger partial charge in [0.2, 0.25) is 0 Å². The third kappa shape index (κ3) is 4.92. The van der Waals surface area contributed by atoms with Crippen molar-refractivity contribution in [3.63, 3.8) is 0 Å². The number of hydrogen-bond donors (Lipinski definition) is 0. The molecule has 0 amide bonds. The van der Waals surface area contributed by atoms with Gasteiger partial charge in [-0.05, 0) is 30.7 Å². The van der Waals surface area contributed by atoms with Crippen LogP contribution in [-0.2, 0) is 19.6 Å². The Morgan fingerprint density at radius 2 is 2.00 bits per heavy atom. The molecule has 0 radical (unpaired) electrons. The number of halogens is 4. The standard InChI is InChI=1S/C12H10ClF3O5S/c1-2-20-11(17)6-4-8-3-5-10(9(13)7-8)21-22(18,19)12(14,15)16/h3-7H,2H2,1H3. The van der Waals surface area contributed by atoms with Crippen molar-refractivity contribution < 1.29 is 35.3 Å². The zero-order valence-electron chi connectivity index (χ0n) is 11.1. The van der Waals surface area contributed by atoms with Crippen LogP contribution in [0.3, 0.4) is 0 Å². The monoisotopic (exact) mass is 358 g/mol. The van der Waals surface area contributed by atoms with Gasteiger partial charge in [0.1, 0.15) is 0 Å². The van der Waals surface area contributed by atoms with Crippen LogP contribution >= 0.6 is 11.6 Å². The van der Waals surface area contributed by atoms with Gasteiger partial charge in [0.25, 0.3) is 0 Å². The lowest BCUT2D eigenvalue weighted by Gasteiger charge is -2.10. The lowest BCUT2D eigenvalue weighted by Crippen LogP contribution is -2.28. The van der Waals surface area contributed by atoms with Gasteiger partial charge in [-0.1, -0.05) is 17.7 Å². The summed E-state index contributed by atoms with van der Waals surface area (Å²) in [4.78, 5) is 11.1. The van der Waals surface area contributed by atoms with Crippen molar-refractivity contribution in [3.05, 3.63) is 34.9 Å². The highest BCUT2D eigenvalue weighted by atomic mass is 35.5. The van der Waals surface area contributed by atoms with Crippen molar-refractivity contribution in [2.24, 2.45) is 0 Å². The molecular weight excluding hydrogens is 349 g/mol. The third-order valence-electron chi connectivity index (χ3n) is 2.14. The predicted octanol–water partition coefficient (Wildman–Crippen LogP) is 3.14. The van der Waals surface area contributed by atoms with Crippen LogP contribution in [0.2, 0.25) is 5.02 Å². The molecule has 0 heterocycles. The maximum atomic E-state index is 12.2. The zero-order chi connectivity index (χ0) is 17.0. The number of carbonyl (C=O) groups is 1. The van der Waals surface area contributed by atoms with Gasteiger partial charge in [0.15, 0.2) is 5.75 Å². The summed E-state index contributed by atoms with van der Waals surface area (Å²) in [5, 5.41) is -0.362. The Labute approximate surface area is 129 Å². The molecule has 1 rings (SSSR count). The van der Waals surface area contributed by atoms with E-state index in [2.05, 4.69) is 8.92 Å². The van der Waals surface area contributed by atoms with Crippen LogP contribution in [0.1, 0.15) is 12.5 Å². The first-order valence-corrected chi connectivity index (χ1v) is 7.50. The van der Waals surface area contributed by atoms with E-state index >= 15 is 0 Å². The van der Waals surface area contributed by atoms with Crippen molar-refractivity contribution in [3.8, 4) is 5.75 Å². The number of carbonyl (C=O) groups excluding carboxylic acids is 1. The van der Waals surface area contributed by atoms with E-state index in [1.54, 1.807) is 6.92 Å². The highest BCUT2D eigenvalue weighted by Crippen LogP contribution is 2.32. The molecule has 0 aromatic heterocycles. The summed E-state index contributed by atoms with van der Waals surface area (Å²) in [6.45, 7) is 1.81.